The van der Waals surface area contributed by atoms with Crippen LogP contribution in [-0.2, 0) is 9.53 Å². The van der Waals surface area contributed by atoms with Gasteiger partial charge in [0.1, 0.15) is 0 Å². The molecule has 1 aliphatic heterocycles. The first-order valence-corrected chi connectivity index (χ1v) is 4.34. The lowest BCUT2D eigenvalue weighted by molar-refractivity contribution is -0.134. The van der Waals surface area contributed by atoms with Gasteiger partial charge in [0.2, 0.25) is 5.91 Å². The summed E-state index contributed by atoms with van der Waals surface area (Å²) in [6, 6.07) is 0. The molecule has 0 spiro atoms. The number of carbonyl (C=O) groups is 1. The van der Waals surface area contributed by atoms with Crippen LogP contribution in [0, 0.1) is 5.92 Å². The zero-order chi connectivity index (χ0) is 8.97. The van der Waals surface area contributed by atoms with Crippen molar-refractivity contribution in [2.75, 3.05) is 26.3 Å². The Morgan fingerprint density at radius 3 is 2.42 bits per heavy atom. The van der Waals surface area contributed by atoms with E-state index >= 15 is 0 Å². The van der Waals surface area contributed by atoms with E-state index in [0.717, 1.165) is 13.1 Å². The summed E-state index contributed by atoms with van der Waals surface area (Å²) in [7, 11) is 0. The Balaban J connectivity index is 2.30. The number of rotatable bonds is 2. The second kappa shape index (κ2) is 4.45. The molecule has 1 rings (SSSR count). The van der Waals surface area contributed by atoms with Crippen LogP contribution in [0.15, 0.2) is 0 Å². The fourth-order valence-electron chi connectivity index (χ4n) is 1.23. The number of hydrogen-bond acceptors (Lipinski definition) is 2. The third-order valence-corrected chi connectivity index (χ3v) is 1.87. The van der Waals surface area contributed by atoms with E-state index in [-0.39, 0.29) is 5.91 Å². The van der Waals surface area contributed by atoms with Gasteiger partial charge in [-0.15, -0.1) is 0 Å². The van der Waals surface area contributed by atoms with Gasteiger partial charge in [0.05, 0.1) is 13.2 Å². The van der Waals surface area contributed by atoms with E-state index in [4.69, 9.17) is 4.74 Å². The highest BCUT2D eigenvalue weighted by Gasteiger charge is 2.17. The monoisotopic (exact) mass is 170 g/mol. The number of morpholine rings is 1. The van der Waals surface area contributed by atoms with Gasteiger partial charge in [-0.1, -0.05) is 13.8 Å². The molecule has 0 N–H and O–H groups in total. The Morgan fingerprint density at radius 2 is 1.92 bits per heavy atom. The quantitative estimate of drug-likeness (QED) is 0.615. The third-order valence-electron chi connectivity index (χ3n) is 1.87. The van der Waals surface area contributed by atoms with Crippen LogP contribution in [-0.4, -0.2) is 37.1 Å². The van der Waals surface area contributed by atoms with Gasteiger partial charge < -0.3 is 9.64 Å². The number of amides is 1. The predicted molar refractivity (Wildman–Crippen MR) is 46.6 cm³/mol. The molecule has 1 saturated heterocycles. The SMILES string of the molecule is C[C](C)CC(=O)N1CCOCC1. The van der Waals surface area contributed by atoms with Crippen molar-refractivity contribution in [2.45, 2.75) is 20.3 Å². The lowest BCUT2D eigenvalue weighted by Gasteiger charge is -2.27. The minimum atomic E-state index is 0.235. The molecule has 1 heterocycles. The fraction of sp³-hybridized carbons (Fsp3) is 0.778. The summed E-state index contributed by atoms with van der Waals surface area (Å²) in [5, 5.41) is 0. The molecule has 69 valence electrons. The van der Waals surface area contributed by atoms with Gasteiger partial charge in [-0.3, -0.25) is 4.79 Å². The Labute approximate surface area is 73.7 Å². The summed E-state index contributed by atoms with van der Waals surface area (Å²) < 4.78 is 5.15. The summed E-state index contributed by atoms with van der Waals surface area (Å²) in [5.41, 5.74) is 0. The Morgan fingerprint density at radius 1 is 1.33 bits per heavy atom. The van der Waals surface area contributed by atoms with E-state index in [9.17, 15) is 4.79 Å². The lowest BCUT2D eigenvalue weighted by Crippen LogP contribution is -2.40. The molecular formula is C9H16NO2. The van der Waals surface area contributed by atoms with E-state index in [2.05, 4.69) is 0 Å². The number of ether oxygens (including phenoxy) is 1. The summed E-state index contributed by atoms with van der Waals surface area (Å²) >= 11 is 0. The van der Waals surface area contributed by atoms with Gasteiger partial charge in [0.25, 0.3) is 0 Å². The van der Waals surface area contributed by atoms with Crippen LogP contribution in [0.25, 0.3) is 0 Å². The first-order chi connectivity index (χ1) is 5.70. The van der Waals surface area contributed by atoms with Crippen molar-refractivity contribution in [3.8, 4) is 0 Å². The second-order valence-corrected chi connectivity index (χ2v) is 3.38. The van der Waals surface area contributed by atoms with Crippen molar-refractivity contribution in [1.82, 2.24) is 4.90 Å². The maximum absolute atomic E-state index is 11.5. The van der Waals surface area contributed by atoms with Crippen molar-refractivity contribution in [1.29, 1.82) is 0 Å². The molecule has 0 aromatic heterocycles. The highest BCUT2D eigenvalue weighted by molar-refractivity contribution is 5.77. The third kappa shape index (κ3) is 2.81. The van der Waals surface area contributed by atoms with Crippen molar-refractivity contribution in [2.24, 2.45) is 0 Å². The normalized spacial score (nSPS) is 18.4. The molecule has 12 heavy (non-hydrogen) atoms. The molecule has 3 heteroatoms. The minimum absolute atomic E-state index is 0.235. The average Bonchev–Trinajstić information content (AvgIpc) is 2.05. The van der Waals surface area contributed by atoms with Crippen LogP contribution < -0.4 is 0 Å². The maximum atomic E-state index is 11.5. The summed E-state index contributed by atoms with van der Waals surface area (Å²) in [6.45, 7) is 6.86. The van der Waals surface area contributed by atoms with E-state index in [1.807, 2.05) is 18.7 Å². The predicted octanol–water partition coefficient (Wildman–Crippen LogP) is 0.850. The molecule has 0 aliphatic carbocycles. The molecule has 0 saturated carbocycles. The Bertz CT molecular complexity index is 151. The lowest BCUT2D eigenvalue weighted by atomic mass is 10.1. The van der Waals surface area contributed by atoms with Crippen LogP contribution in [0.3, 0.4) is 0 Å². The summed E-state index contributed by atoms with van der Waals surface area (Å²) in [6.07, 6.45) is 0.583. The molecule has 1 radical (unpaired) electrons. The highest BCUT2D eigenvalue weighted by Crippen LogP contribution is 2.07. The van der Waals surface area contributed by atoms with Crippen LogP contribution in [0.2, 0.25) is 0 Å². The van der Waals surface area contributed by atoms with E-state index in [0.29, 0.717) is 19.6 Å². The fourth-order valence-corrected chi connectivity index (χ4v) is 1.23. The molecule has 1 fully saturated rings. The average molecular weight is 170 g/mol. The standard InChI is InChI=1S/C9H16NO2/c1-8(2)7-9(11)10-3-5-12-6-4-10/h3-7H2,1-2H3. The van der Waals surface area contributed by atoms with Crippen molar-refractivity contribution in [3.05, 3.63) is 5.92 Å². The largest absolute Gasteiger partial charge is 0.378 e. The maximum Gasteiger partial charge on any atom is 0.223 e. The molecule has 1 amide bonds. The van der Waals surface area contributed by atoms with Crippen LogP contribution >= 0.6 is 0 Å². The first kappa shape index (κ1) is 9.52. The van der Waals surface area contributed by atoms with Crippen LogP contribution in [0.4, 0.5) is 0 Å². The number of nitrogens with zero attached hydrogens (tertiary/aromatic N) is 1. The number of hydrogen-bond donors (Lipinski definition) is 0. The van der Waals surface area contributed by atoms with Gasteiger partial charge in [-0.25, -0.2) is 0 Å². The van der Waals surface area contributed by atoms with Gasteiger partial charge in [-0.2, -0.15) is 0 Å². The van der Waals surface area contributed by atoms with Gasteiger partial charge in [0.15, 0.2) is 0 Å². The van der Waals surface area contributed by atoms with E-state index < -0.39 is 0 Å². The first-order valence-electron chi connectivity index (χ1n) is 4.34. The van der Waals surface area contributed by atoms with E-state index in [1.165, 1.54) is 5.92 Å². The molecule has 0 atom stereocenters. The molecule has 0 aromatic rings. The molecular weight excluding hydrogens is 154 g/mol. The van der Waals surface area contributed by atoms with Gasteiger partial charge in [-0.05, 0) is 5.92 Å². The summed E-state index contributed by atoms with van der Waals surface area (Å²) in [4.78, 5) is 13.3. The highest BCUT2D eigenvalue weighted by atomic mass is 16.5. The topological polar surface area (TPSA) is 29.5 Å². The molecule has 0 unspecified atom stereocenters. The molecule has 0 bridgehead atoms. The Hall–Kier alpha value is -0.570. The summed E-state index contributed by atoms with van der Waals surface area (Å²) in [5.74, 6) is 1.41. The van der Waals surface area contributed by atoms with Crippen LogP contribution in [0.1, 0.15) is 20.3 Å². The van der Waals surface area contributed by atoms with E-state index in [1.54, 1.807) is 0 Å². The molecule has 1 aliphatic rings. The number of carbonyl (C=O) groups excluding carboxylic acids is 1. The van der Waals surface area contributed by atoms with Crippen molar-refractivity contribution in [3.63, 3.8) is 0 Å². The second-order valence-electron chi connectivity index (χ2n) is 3.38. The molecule has 0 aromatic carbocycles. The zero-order valence-electron chi connectivity index (χ0n) is 7.80. The van der Waals surface area contributed by atoms with Crippen LogP contribution in [0.5, 0.6) is 0 Å². The zero-order valence-corrected chi connectivity index (χ0v) is 7.80. The van der Waals surface area contributed by atoms with Crippen molar-refractivity contribution >= 4 is 5.91 Å². The van der Waals surface area contributed by atoms with Gasteiger partial charge >= 0.3 is 0 Å². The minimum Gasteiger partial charge on any atom is -0.378 e. The van der Waals surface area contributed by atoms with Crippen molar-refractivity contribution < 1.29 is 9.53 Å². The van der Waals surface area contributed by atoms with Gasteiger partial charge in [0, 0.05) is 19.5 Å². The molecule has 3 nitrogen and oxygen atoms in total. The smallest absolute Gasteiger partial charge is 0.223 e. The Kier molecular flexibility index (Phi) is 3.53.